The zero-order valence-corrected chi connectivity index (χ0v) is 12.7. The summed E-state index contributed by atoms with van der Waals surface area (Å²) in [5.74, 6) is 0. The van der Waals surface area contributed by atoms with Crippen molar-refractivity contribution in [2.75, 3.05) is 29.9 Å². The van der Waals surface area contributed by atoms with Gasteiger partial charge in [-0.25, -0.2) is 4.68 Å². The molecule has 6 heteroatoms. The van der Waals surface area contributed by atoms with Gasteiger partial charge in [-0.3, -0.25) is 0 Å². The molecular formula is C15H23N5O. The van der Waals surface area contributed by atoms with E-state index in [0.29, 0.717) is 13.1 Å². The zero-order valence-electron chi connectivity index (χ0n) is 12.7. The summed E-state index contributed by atoms with van der Waals surface area (Å²) in [4.78, 5) is 2.31. The summed E-state index contributed by atoms with van der Waals surface area (Å²) in [6.45, 7) is 7.51. The Bertz CT molecular complexity index is 533. The minimum absolute atomic E-state index is 0.0725. The highest BCUT2D eigenvalue weighted by atomic mass is 16.3. The van der Waals surface area contributed by atoms with Crippen molar-refractivity contribution in [2.45, 2.75) is 26.9 Å². The number of anilines is 2. The number of aromatic nitrogens is 3. The van der Waals surface area contributed by atoms with Crippen LogP contribution in [0.2, 0.25) is 0 Å². The standard InChI is InChI=1S/C15H23N5O/c1-3-19(4-2)15-7-5-13(6-8-15)16-11-14-12-20(9-10-21)18-17-14/h5-8,12,16,21H,3-4,9-11H2,1-2H3. The molecule has 0 aliphatic heterocycles. The van der Waals surface area contributed by atoms with Crippen molar-refractivity contribution in [3.63, 3.8) is 0 Å². The number of rotatable bonds is 8. The quantitative estimate of drug-likeness (QED) is 0.775. The van der Waals surface area contributed by atoms with E-state index in [4.69, 9.17) is 5.11 Å². The van der Waals surface area contributed by atoms with Crippen molar-refractivity contribution in [3.8, 4) is 0 Å². The van der Waals surface area contributed by atoms with Gasteiger partial charge in [0.2, 0.25) is 0 Å². The second-order valence-electron chi connectivity index (χ2n) is 4.77. The molecule has 1 heterocycles. The van der Waals surface area contributed by atoms with Gasteiger partial charge in [0.1, 0.15) is 5.69 Å². The van der Waals surface area contributed by atoms with Crippen LogP contribution in [0.25, 0.3) is 0 Å². The average molecular weight is 289 g/mol. The Hall–Kier alpha value is -2.08. The molecular weight excluding hydrogens is 266 g/mol. The average Bonchev–Trinajstić information content (AvgIpc) is 2.96. The highest BCUT2D eigenvalue weighted by Gasteiger charge is 2.03. The van der Waals surface area contributed by atoms with E-state index in [2.05, 4.69) is 58.6 Å². The Morgan fingerprint density at radius 3 is 2.52 bits per heavy atom. The van der Waals surface area contributed by atoms with Crippen molar-refractivity contribution in [1.29, 1.82) is 0 Å². The molecule has 0 aliphatic rings. The van der Waals surface area contributed by atoms with Crippen molar-refractivity contribution < 1.29 is 5.11 Å². The molecule has 2 aromatic rings. The molecule has 2 rings (SSSR count). The molecule has 0 aliphatic carbocycles. The molecule has 0 atom stereocenters. The van der Waals surface area contributed by atoms with Crippen molar-refractivity contribution in [2.24, 2.45) is 0 Å². The van der Waals surface area contributed by atoms with Gasteiger partial charge >= 0.3 is 0 Å². The molecule has 6 nitrogen and oxygen atoms in total. The predicted molar refractivity (Wildman–Crippen MR) is 84.4 cm³/mol. The van der Waals surface area contributed by atoms with Gasteiger partial charge in [-0.15, -0.1) is 5.10 Å². The van der Waals surface area contributed by atoms with Crippen LogP contribution in [0.15, 0.2) is 30.5 Å². The van der Waals surface area contributed by atoms with Gasteiger partial charge in [-0.05, 0) is 38.1 Å². The molecule has 0 radical (unpaired) electrons. The summed E-state index contributed by atoms with van der Waals surface area (Å²) >= 11 is 0. The molecule has 2 N–H and O–H groups in total. The van der Waals surface area contributed by atoms with E-state index >= 15 is 0 Å². The lowest BCUT2D eigenvalue weighted by atomic mass is 10.2. The van der Waals surface area contributed by atoms with Crippen molar-refractivity contribution in [1.82, 2.24) is 15.0 Å². The van der Waals surface area contributed by atoms with E-state index in [1.54, 1.807) is 4.68 Å². The van der Waals surface area contributed by atoms with Crippen molar-refractivity contribution >= 4 is 11.4 Å². The third-order valence-electron chi connectivity index (χ3n) is 3.38. The number of benzene rings is 1. The monoisotopic (exact) mass is 289 g/mol. The van der Waals surface area contributed by atoms with Crippen LogP contribution in [-0.2, 0) is 13.1 Å². The first kappa shape index (κ1) is 15.3. The lowest BCUT2D eigenvalue weighted by molar-refractivity contribution is 0.268. The Labute approximate surface area is 125 Å². The smallest absolute Gasteiger partial charge is 0.102 e. The summed E-state index contributed by atoms with van der Waals surface area (Å²) in [6.07, 6.45) is 1.84. The summed E-state index contributed by atoms with van der Waals surface area (Å²) in [6, 6.07) is 8.40. The predicted octanol–water partition coefficient (Wildman–Crippen LogP) is 1.73. The van der Waals surface area contributed by atoms with Crippen molar-refractivity contribution in [3.05, 3.63) is 36.2 Å². The SMILES string of the molecule is CCN(CC)c1ccc(NCc2cn(CCO)nn2)cc1. The molecule has 0 unspecified atom stereocenters. The topological polar surface area (TPSA) is 66.2 Å². The molecule has 0 bridgehead atoms. The Balaban J connectivity index is 1.90. The maximum absolute atomic E-state index is 8.84. The van der Waals surface area contributed by atoms with E-state index in [1.807, 2.05) is 6.20 Å². The number of nitrogens with one attached hydrogen (secondary N) is 1. The Kier molecular flexibility index (Phi) is 5.57. The molecule has 0 saturated heterocycles. The van der Waals surface area contributed by atoms with Crippen LogP contribution in [0, 0.1) is 0 Å². The molecule has 0 fully saturated rings. The van der Waals surface area contributed by atoms with Gasteiger partial charge in [0, 0.05) is 24.5 Å². The highest BCUT2D eigenvalue weighted by Crippen LogP contribution is 2.18. The molecule has 21 heavy (non-hydrogen) atoms. The summed E-state index contributed by atoms with van der Waals surface area (Å²) in [5, 5.41) is 20.2. The van der Waals surface area contributed by atoms with E-state index in [1.165, 1.54) is 5.69 Å². The number of aliphatic hydroxyl groups excluding tert-OH is 1. The molecule has 114 valence electrons. The Morgan fingerprint density at radius 2 is 1.90 bits per heavy atom. The minimum atomic E-state index is 0.0725. The number of nitrogens with zero attached hydrogens (tertiary/aromatic N) is 4. The van der Waals surface area contributed by atoms with E-state index in [9.17, 15) is 0 Å². The number of hydrogen-bond donors (Lipinski definition) is 2. The summed E-state index contributed by atoms with van der Waals surface area (Å²) in [5.41, 5.74) is 3.15. The zero-order chi connectivity index (χ0) is 15.1. The van der Waals surface area contributed by atoms with Crippen LogP contribution >= 0.6 is 0 Å². The van der Waals surface area contributed by atoms with Crippen LogP contribution in [0.3, 0.4) is 0 Å². The van der Waals surface area contributed by atoms with Crippen LogP contribution < -0.4 is 10.2 Å². The summed E-state index contributed by atoms with van der Waals surface area (Å²) in [7, 11) is 0. The second kappa shape index (κ2) is 7.64. The Morgan fingerprint density at radius 1 is 1.19 bits per heavy atom. The van der Waals surface area contributed by atoms with Crippen LogP contribution in [0.4, 0.5) is 11.4 Å². The van der Waals surface area contributed by atoms with Gasteiger partial charge in [-0.2, -0.15) is 0 Å². The fraction of sp³-hybridized carbons (Fsp3) is 0.467. The number of aliphatic hydroxyl groups is 1. The lowest BCUT2D eigenvalue weighted by Gasteiger charge is -2.21. The molecule has 0 spiro atoms. The van der Waals surface area contributed by atoms with Crippen LogP contribution in [0.1, 0.15) is 19.5 Å². The van der Waals surface area contributed by atoms with Gasteiger partial charge in [0.15, 0.2) is 0 Å². The third kappa shape index (κ3) is 4.19. The van der Waals surface area contributed by atoms with Crippen LogP contribution in [-0.4, -0.2) is 39.8 Å². The van der Waals surface area contributed by atoms with Gasteiger partial charge in [0.05, 0.1) is 25.9 Å². The fourth-order valence-electron chi connectivity index (χ4n) is 2.20. The lowest BCUT2D eigenvalue weighted by Crippen LogP contribution is -2.21. The molecule has 0 saturated carbocycles. The maximum Gasteiger partial charge on any atom is 0.102 e. The number of hydrogen-bond acceptors (Lipinski definition) is 5. The van der Waals surface area contributed by atoms with Gasteiger partial charge in [-0.1, -0.05) is 5.21 Å². The minimum Gasteiger partial charge on any atom is -0.394 e. The van der Waals surface area contributed by atoms with Gasteiger partial charge < -0.3 is 15.3 Å². The first-order valence-electron chi connectivity index (χ1n) is 7.35. The normalized spacial score (nSPS) is 10.6. The molecule has 1 aromatic carbocycles. The van der Waals surface area contributed by atoms with E-state index < -0.39 is 0 Å². The second-order valence-corrected chi connectivity index (χ2v) is 4.77. The first-order valence-corrected chi connectivity index (χ1v) is 7.35. The van der Waals surface area contributed by atoms with E-state index in [-0.39, 0.29) is 6.61 Å². The van der Waals surface area contributed by atoms with Crippen LogP contribution in [0.5, 0.6) is 0 Å². The molecule has 0 amide bonds. The fourth-order valence-corrected chi connectivity index (χ4v) is 2.20. The summed E-state index contributed by atoms with van der Waals surface area (Å²) < 4.78 is 1.64. The largest absolute Gasteiger partial charge is 0.394 e. The highest BCUT2D eigenvalue weighted by molar-refractivity contribution is 5.55. The first-order chi connectivity index (χ1) is 10.3. The maximum atomic E-state index is 8.84. The van der Waals surface area contributed by atoms with Gasteiger partial charge in [0.25, 0.3) is 0 Å². The third-order valence-corrected chi connectivity index (χ3v) is 3.38. The van der Waals surface area contributed by atoms with E-state index in [0.717, 1.165) is 24.5 Å². The molecule has 1 aromatic heterocycles.